The summed E-state index contributed by atoms with van der Waals surface area (Å²) in [4.78, 5) is 11.0. The largest absolute Gasteiger partial charge is 0.478 e. The highest BCUT2D eigenvalue weighted by molar-refractivity contribution is 5.92. The molecule has 0 amide bonds. The highest BCUT2D eigenvalue weighted by Crippen LogP contribution is 2.15. The van der Waals surface area contributed by atoms with Crippen LogP contribution in [0.15, 0.2) is 42.5 Å². The molecule has 0 atom stereocenters. The maximum Gasteiger partial charge on any atom is 0.335 e. The van der Waals surface area contributed by atoms with Gasteiger partial charge in [0.05, 0.1) is 17.6 Å². The fourth-order valence-corrected chi connectivity index (χ4v) is 2.02. The van der Waals surface area contributed by atoms with Crippen molar-refractivity contribution in [3.05, 3.63) is 59.4 Å². The summed E-state index contributed by atoms with van der Waals surface area (Å²) in [5.41, 5.74) is 2.11. The van der Waals surface area contributed by atoms with E-state index in [9.17, 15) is 9.18 Å². The van der Waals surface area contributed by atoms with E-state index in [1.165, 1.54) is 24.3 Å². The molecule has 3 rings (SSSR count). The molecule has 3 aromatic rings. The molecule has 0 spiro atoms. The molecule has 0 unspecified atom stereocenters. The number of nitrogens with zero attached hydrogens (tertiary/aromatic N) is 3. The first-order chi connectivity index (χ1) is 9.63. The molecule has 1 heterocycles. The van der Waals surface area contributed by atoms with Gasteiger partial charge < -0.3 is 5.11 Å². The average Bonchev–Trinajstić information content (AvgIpc) is 2.81. The van der Waals surface area contributed by atoms with Crippen molar-refractivity contribution < 1.29 is 14.3 Å². The van der Waals surface area contributed by atoms with E-state index in [0.717, 1.165) is 5.56 Å². The molecule has 2 aromatic carbocycles. The minimum atomic E-state index is -1.01. The Labute approximate surface area is 113 Å². The van der Waals surface area contributed by atoms with Gasteiger partial charge in [0.2, 0.25) is 0 Å². The van der Waals surface area contributed by atoms with Crippen molar-refractivity contribution in [3.8, 4) is 0 Å². The molecule has 100 valence electrons. The smallest absolute Gasteiger partial charge is 0.335 e. The van der Waals surface area contributed by atoms with Gasteiger partial charge in [-0.3, -0.25) is 0 Å². The maximum absolute atomic E-state index is 13.2. The number of halogens is 1. The van der Waals surface area contributed by atoms with E-state index in [2.05, 4.69) is 10.3 Å². The fourth-order valence-electron chi connectivity index (χ4n) is 2.02. The minimum Gasteiger partial charge on any atom is -0.478 e. The zero-order valence-electron chi connectivity index (χ0n) is 10.3. The number of fused-ring (bicyclic) bond motifs is 1. The molecule has 1 aromatic heterocycles. The van der Waals surface area contributed by atoms with Gasteiger partial charge in [0.25, 0.3) is 0 Å². The normalized spacial score (nSPS) is 10.8. The number of benzene rings is 2. The molecule has 0 saturated heterocycles. The van der Waals surface area contributed by atoms with Gasteiger partial charge in [-0.05, 0) is 35.9 Å². The van der Waals surface area contributed by atoms with Gasteiger partial charge in [-0.15, -0.1) is 5.10 Å². The Morgan fingerprint density at radius 3 is 2.85 bits per heavy atom. The second-order valence-corrected chi connectivity index (χ2v) is 4.39. The molecule has 0 aliphatic rings. The topological polar surface area (TPSA) is 68.0 Å². The molecule has 0 aliphatic heterocycles. The average molecular weight is 271 g/mol. The third-order valence-corrected chi connectivity index (χ3v) is 2.98. The molecule has 0 aliphatic carbocycles. The lowest BCUT2D eigenvalue weighted by atomic mass is 10.2. The molecule has 0 bridgehead atoms. The van der Waals surface area contributed by atoms with Gasteiger partial charge in [0.1, 0.15) is 11.3 Å². The van der Waals surface area contributed by atoms with E-state index in [-0.39, 0.29) is 11.4 Å². The third-order valence-electron chi connectivity index (χ3n) is 2.98. The van der Waals surface area contributed by atoms with Crippen LogP contribution in [0.25, 0.3) is 11.0 Å². The summed E-state index contributed by atoms with van der Waals surface area (Å²) in [6.45, 7) is 0.331. The van der Waals surface area contributed by atoms with E-state index in [1.807, 2.05) is 0 Å². The number of carbonyl (C=O) groups is 1. The van der Waals surface area contributed by atoms with Crippen LogP contribution in [0, 0.1) is 5.82 Å². The van der Waals surface area contributed by atoms with Crippen LogP contribution >= 0.6 is 0 Å². The van der Waals surface area contributed by atoms with Crippen LogP contribution in [-0.2, 0) is 6.54 Å². The predicted octanol–water partition coefficient (Wildman–Crippen LogP) is 2.32. The number of carboxylic acids is 1. The summed E-state index contributed by atoms with van der Waals surface area (Å²) in [6, 6.07) is 10.8. The van der Waals surface area contributed by atoms with Crippen molar-refractivity contribution in [3.63, 3.8) is 0 Å². The first kappa shape index (κ1) is 12.3. The number of carboxylic acid groups (broad SMARTS) is 1. The Bertz CT molecular complexity index is 798. The molecule has 0 saturated carbocycles. The van der Waals surface area contributed by atoms with E-state index in [4.69, 9.17) is 5.11 Å². The number of hydrogen-bond donors (Lipinski definition) is 1. The monoisotopic (exact) mass is 271 g/mol. The Balaban J connectivity index is 2.03. The molecular formula is C14H10FN3O2. The van der Waals surface area contributed by atoms with Gasteiger partial charge in [-0.1, -0.05) is 17.3 Å². The number of rotatable bonds is 3. The molecule has 20 heavy (non-hydrogen) atoms. The van der Waals surface area contributed by atoms with Crippen LogP contribution in [0.2, 0.25) is 0 Å². The van der Waals surface area contributed by atoms with E-state index in [0.29, 0.717) is 17.6 Å². The SMILES string of the molecule is O=C(O)c1ccc2nnn(Cc3cccc(F)c3)c2c1. The van der Waals surface area contributed by atoms with Crippen molar-refractivity contribution in [2.24, 2.45) is 0 Å². The van der Waals surface area contributed by atoms with Crippen LogP contribution in [0.5, 0.6) is 0 Å². The van der Waals surface area contributed by atoms with Crippen LogP contribution in [0.1, 0.15) is 15.9 Å². The van der Waals surface area contributed by atoms with Crippen molar-refractivity contribution in [2.45, 2.75) is 6.54 Å². The van der Waals surface area contributed by atoms with E-state index >= 15 is 0 Å². The van der Waals surface area contributed by atoms with E-state index < -0.39 is 5.97 Å². The second kappa shape index (κ2) is 4.73. The van der Waals surface area contributed by atoms with Crippen molar-refractivity contribution in [1.82, 2.24) is 15.0 Å². The summed E-state index contributed by atoms with van der Waals surface area (Å²) < 4.78 is 14.7. The highest BCUT2D eigenvalue weighted by Gasteiger charge is 2.09. The predicted molar refractivity (Wildman–Crippen MR) is 70.0 cm³/mol. The Kier molecular flexibility index (Phi) is 2.90. The Hall–Kier alpha value is -2.76. The van der Waals surface area contributed by atoms with Crippen LogP contribution in [0.3, 0.4) is 0 Å². The fraction of sp³-hybridized carbons (Fsp3) is 0.0714. The van der Waals surface area contributed by atoms with Gasteiger partial charge in [0.15, 0.2) is 0 Å². The first-order valence-electron chi connectivity index (χ1n) is 5.94. The van der Waals surface area contributed by atoms with Crippen LogP contribution < -0.4 is 0 Å². The van der Waals surface area contributed by atoms with Gasteiger partial charge in [-0.2, -0.15) is 0 Å². The first-order valence-corrected chi connectivity index (χ1v) is 5.94. The minimum absolute atomic E-state index is 0.167. The van der Waals surface area contributed by atoms with Gasteiger partial charge in [-0.25, -0.2) is 13.9 Å². The summed E-state index contributed by atoms with van der Waals surface area (Å²) >= 11 is 0. The number of hydrogen-bond acceptors (Lipinski definition) is 3. The molecule has 0 radical (unpaired) electrons. The second-order valence-electron chi connectivity index (χ2n) is 4.39. The third kappa shape index (κ3) is 2.23. The highest BCUT2D eigenvalue weighted by atomic mass is 19.1. The summed E-state index contributed by atoms with van der Waals surface area (Å²) in [5.74, 6) is -1.33. The summed E-state index contributed by atoms with van der Waals surface area (Å²) in [5, 5.41) is 16.9. The van der Waals surface area contributed by atoms with Crippen molar-refractivity contribution >= 4 is 17.0 Å². The zero-order chi connectivity index (χ0) is 14.1. The van der Waals surface area contributed by atoms with Gasteiger partial charge in [0, 0.05) is 0 Å². The van der Waals surface area contributed by atoms with E-state index in [1.54, 1.807) is 22.9 Å². The molecule has 6 heteroatoms. The maximum atomic E-state index is 13.2. The van der Waals surface area contributed by atoms with Crippen LogP contribution in [0.4, 0.5) is 4.39 Å². The number of aromatic carboxylic acids is 1. The lowest BCUT2D eigenvalue weighted by Crippen LogP contribution is -2.03. The van der Waals surface area contributed by atoms with Crippen molar-refractivity contribution in [2.75, 3.05) is 0 Å². The lowest BCUT2D eigenvalue weighted by Gasteiger charge is -2.03. The van der Waals surface area contributed by atoms with Gasteiger partial charge >= 0.3 is 5.97 Å². The number of aromatic nitrogens is 3. The quantitative estimate of drug-likeness (QED) is 0.793. The zero-order valence-corrected chi connectivity index (χ0v) is 10.3. The van der Waals surface area contributed by atoms with Crippen molar-refractivity contribution in [1.29, 1.82) is 0 Å². The lowest BCUT2D eigenvalue weighted by molar-refractivity contribution is 0.0697. The molecular weight excluding hydrogens is 261 g/mol. The molecule has 0 fully saturated rings. The Morgan fingerprint density at radius 1 is 1.25 bits per heavy atom. The molecule has 1 N–H and O–H groups in total. The van der Waals surface area contributed by atoms with Crippen LogP contribution in [-0.4, -0.2) is 26.1 Å². The summed E-state index contributed by atoms with van der Waals surface area (Å²) in [6.07, 6.45) is 0. The Morgan fingerprint density at radius 2 is 2.10 bits per heavy atom. The summed E-state index contributed by atoms with van der Waals surface area (Å²) in [7, 11) is 0. The standard InChI is InChI=1S/C14H10FN3O2/c15-11-3-1-2-9(6-11)8-18-13-7-10(14(19)20)4-5-12(13)16-17-18/h1-7H,8H2,(H,19,20). The molecule has 5 nitrogen and oxygen atoms in total.